The van der Waals surface area contributed by atoms with Gasteiger partial charge in [-0.25, -0.2) is 0 Å². The molecule has 0 bridgehead atoms. The van der Waals surface area contributed by atoms with Crippen molar-refractivity contribution in [2.75, 3.05) is 6.61 Å². The van der Waals surface area contributed by atoms with Crippen molar-refractivity contribution in [1.82, 2.24) is 0 Å². The number of aliphatic hydroxyl groups is 1. The maximum Gasteiger partial charge on any atom is 0.303 e. The quantitative estimate of drug-likeness (QED) is 0.127. The lowest BCUT2D eigenvalue weighted by atomic mass is 10.0. The van der Waals surface area contributed by atoms with Crippen LogP contribution < -0.4 is 0 Å². The number of hydrogen-bond donors (Lipinski definition) is 2. The molecule has 0 aliphatic carbocycles. The second-order valence-electron chi connectivity index (χ2n) is 10.0. The molecule has 0 aromatic rings. The number of carboxylic acid groups (broad SMARTS) is 1. The van der Waals surface area contributed by atoms with Crippen LogP contribution >= 0.6 is 0 Å². The van der Waals surface area contributed by atoms with Crippen LogP contribution in [0.25, 0.3) is 0 Å². The van der Waals surface area contributed by atoms with E-state index in [-0.39, 0.29) is 6.61 Å². The normalized spacial score (nSPS) is 11.7. The first kappa shape index (κ1) is 34.8. The molecule has 3 nitrogen and oxygen atoms in total. The summed E-state index contributed by atoms with van der Waals surface area (Å²) in [6, 6.07) is 0. The van der Waals surface area contributed by atoms with Gasteiger partial charge in [0.15, 0.2) is 0 Å². The molecule has 34 heavy (non-hydrogen) atoms. The van der Waals surface area contributed by atoms with E-state index in [1.165, 1.54) is 87.3 Å². The highest BCUT2D eigenvalue weighted by atomic mass is 16.4. The fraction of sp³-hybridized carbons (Fsp3) is 0.774. The van der Waals surface area contributed by atoms with Gasteiger partial charge in [-0.3, -0.25) is 4.79 Å². The third-order valence-corrected chi connectivity index (χ3v) is 6.06. The third-order valence-electron chi connectivity index (χ3n) is 6.06. The number of hydrogen-bond acceptors (Lipinski definition) is 2. The molecule has 0 radical (unpaired) electrons. The van der Waals surface area contributed by atoms with Gasteiger partial charge in [-0.05, 0) is 59.8 Å². The fourth-order valence-electron chi connectivity index (χ4n) is 3.79. The van der Waals surface area contributed by atoms with Crippen molar-refractivity contribution in [3.05, 3.63) is 34.9 Å². The number of carboxylic acids is 1. The summed E-state index contributed by atoms with van der Waals surface area (Å²) in [5.41, 5.74) is 4.14. The lowest BCUT2D eigenvalue weighted by molar-refractivity contribution is -0.137. The SMILES string of the molecule is CC(C)=CCCC(C)=CCCC(C)=CCO.CCCCCCCCCCCCCCCC(=O)O. The van der Waals surface area contributed by atoms with E-state index >= 15 is 0 Å². The van der Waals surface area contributed by atoms with Crippen LogP contribution in [-0.4, -0.2) is 22.8 Å². The summed E-state index contributed by atoms with van der Waals surface area (Å²) >= 11 is 0. The average Bonchev–Trinajstić information content (AvgIpc) is 2.77. The van der Waals surface area contributed by atoms with Gasteiger partial charge in [-0.1, -0.05) is 119 Å². The molecule has 0 amide bonds. The lowest BCUT2D eigenvalue weighted by Crippen LogP contribution is -1.93. The minimum absolute atomic E-state index is 0.162. The first-order valence-electron chi connectivity index (χ1n) is 14.1. The van der Waals surface area contributed by atoms with Crippen LogP contribution in [0.2, 0.25) is 0 Å². The van der Waals surface area contributed by atoms with Crippen LogP contribution in [0.3, 0.4) is 0 Å². The van der Waals surface area contributed by atoms with E-state index in [0.717, 1.165) is 38.5 Å². The van der Waals surface area contributed by atoms with E-state index in [1.54, 1.807) is 0 Å². The summed E-state index contributed by atoms with van der Waals surface area (Å²) in [5, 5.41) is 17.2. The predicted molar refractivity (Wildman–Crippen MR) is 150 cm³/mol. The topological polar surface area (TPSA) is 57.5 Å². The Labute approximate surface area is 212 Å². The Hall–Kier alpha value is -1.35. The molecule has 0 aliphatic rings. The van der Waals surface area contributed by atoms with Crippen molar-refractivity contribution in [2.45, 2.75) is 150 Å². The Morgan fingerprint density at radius 2 is 1.00 bits per heavy atom. The Morgan fingerprint density at radius 1 is 0.588 bits per heavy atom. The molecule has 0 aromatic carbocycles. The van der Waals surface area contributed by atoms with Crippen molar-refractivity contribution in [2.24, 2.45) is 0 Å². The molecule has 0 saturated carbocycles. The summed E-state index contributed by atoms with van der Waals surface area (Å²) < 4.78 is 0. The molecule has 0 atom stereocenters. The monoisotopic (exact) mass is 478 g/mol. The van der Waals surface area contributed by atoms with E-state index in [2.05, 4.69) is 46.8 Å². The highest BCUT2D eigenvalue weighted by Crippen LogP contribution is 2.13. The zero-order valence-corrected chi connectivity index (χ0v) is 23.5. The molecule has 0 fully saturated rings. The second kappa shape index (κ2) is 27.9. The Kier molecular flexibility index (Phi) is 28.6. The summed E-state index contributed by atoms with van der Waals surface area (Å²) in [7, 11) is 0. The number of aliphatic carboxylic acids is 1. The van der Waals surface area contributed by atoms with Crippen LogP contribution in [0.1, 0.15) is 150 Å². The molecule has 0 spiro atoms. The van der Waals surface area contributed by atoms with Gasteiger partial charge >= 0.3 is 5.97 Å². The first-order chi connectivity index (χ1) is 16.3. The molecular weight excluding hydrogens is 420 g/mol. The van der Waals surface area contributed by atoms with E-state index in [9.17, 15) is 4.79 Å². The molecule has 0 rings (SSSR count). The Bertz CT molecular complexity index is 539. The average molecular weight is 479 g/mol. The van der Waals surface area contributed by atoms with Crippen molar-refractivity contribution in [3.63, 3.8) is 0 Å². The van der Waals surface area contributed by atoms with Crippen LogP contribution in [-0.2, 0) is 4.79 Å². The van der Waals surface area contributed by atoms with Gasteiger partial charge in [0.05, 0.1) is 6.61 Å². The Balaban J connectivity index is 0. The first-order valence-corrected chi connectivity index (χ1v) is 14.1. The summed E-state index contributed by atoms with van der Waals surface area (Å²) in [6.07, 6.45) is 28.2. The number of allylic oxidation sites excluding steroid dienone is 5. The van der Waals surface area contributed by atoms with Crippen molar-refractivity contribution in [3.8, 4) is 0 Å². The van der Waals surface area contributed by atoms with Crippen molar-refractivity contribution in [1.29, 1.82) is 0 Å². The minimum Gasteiger partial charge on any atom is -0.481 e. The fourth-order valence-corrected chi connectivity index (χ4v) is 3.79. The number of carbonyl (C=O) groups is 1. The molecular formula is C31H58O3. The van der Waals surface area contributed by atoms with Gasteiger partial charge in [0.1, 0.15) is 0 Å². The van der Waals surface area contributed by atoms with Crippen LogP contribution in [0, 0.1) is 0 Å². The standard InChI is InChI=1S/C16H32O2.C15H26O/c1-2-3-4-5-6-7-8-9-10-11-12-13-14-15-16(17)18;1-13(2)7-5-8-14(3)9-6-10-15(4)11-12-16/h2-15H2,1H3,(H,17,18);7,9,11,16H,5-6,8,10,12H2,1-4H3. The highest BCUT2D eigenvalue weighted by Gasteiger charge is 1.97. The van der Waals surface area contributed by atoms with Crippen molar-refractivity contribution < 1.29 is 15.0 Å². The van der Waals surface area contributed by atoms with Crippen LogP contribution in [0.15, 0.2) is 34.9 Å². The van der Waals surface area contributed by atoms with Crippen molar-refractivity contribution >= 4 is 5.97 Å². The van der Waals surface area contributed by atoms with Gasteiger partial charge in [-0.15, -0.1) is 0 Å². The molecule has 0 heterocycles. The molecule has 2 N–H and O–H groups in total. The van der Waals surface area contributed by atoms with Crippen LogP contribution in [0.4, 0.5) is 0 Å². The van der Waals surface area contributed by atoms with Gasteiger partial charge in [-0.2, -0.15) is 0 Å². The van der Waals surface area contributed by atoms with Gasteiger partial charge < -0.3 is 10.2 Å². The van der Waals surface area contributed by atoms with Gasteiger partial charge in [0.25, 0.3) is 0 Å². The van der Waals surface area contributed by atoms with E-state index < -0.39 is 5.97 Å². The maximum atomic E-state index is 10.3. The molecule has 200 valence electrons. The van der Waals surface area contributed by atoms with E-state index in [0.29, 0.717) is 6.42 Å². The molecule has 3 heteroatoms. The minimum atomic E-state index is -0.655. The zero-order valence-electron chi connectivity index (χ0n) is 23.5. The Morgan fingerprint density at radius 3 is 1.41 bits per heavy atom. The molecule has 0 saturated heterocycles. The van der Waals surface area contributed by atoms with E-state index in [1.807, 2.05) is 6.08 Å². The number of unbranched alkanes of at least 4 members (excludes halogenated alkanes) is 12. The largest absolute Gasteiger partial charge is 0.481 e. The second-order valence-corrected chi connectivity index (χ2v) is 10.0. The summed E-state index contributed by atoms with van der Waals surface area (Å²) in [6.45, 7) is 11.0. The molecule has 0 aromatic heterocycles. The number of aliphatic hydroxyl groups excluding tert-OH is 1. The lowest BCUT2D eigenvalue weighted by Gasteiger charge is -2.02. The molecule has 0 unspecified atom stereocenters. The molecule has 0 aliphatic heterocycles. The number of rotatable bonds is 21. The third kappa shape index (κ3) is 32.8. The highest BCUT2D eigenvalue weighted by molar-refractivity contribution is 5.66. The summed E-state index contributed by atoms with van der Waals surface area (Å²) in [4.78, 5) is 10.3. The predicted octanol–water partition coefficient (Wildman–Crippen LogP) is 9.95. The summed E-state index contributed by atoms with van der Waals surface area (Å²) in [5.74, 6) is -0.655. The van der Waals surface area contributed by atoms with Crippen LogP contribution in [0.5, 0.6) is 0 Å². The maximum absolute atomic E-state index is 10.3. The van der Waals surface area contributed by atoms with E-state index in [4.69, 9.17) is 10.2 Å². The van der Waals surface area contributed by atoms with Gasteiger partial charge in [0, 0.05) is 6.42 Å². The smallest absolute Gasteiger partial charge is 0.303 e. The zero-order chi connectivity index (χ0) is 25.9. The van der Waals surface area contributed by atoms with Gasteiger partial charge in [0.2, 0.25) is 0 Å².